The van der Waals surface area contributed by atoms with E-state index >= 15 is 0 Å². The van der Waals surface area contributed by atoms with E-state index in [9.17, 15) is 0 Å². The van der Waals surface area contributed by atoms with Crippen molar-refractivity contribution in [2.75, 3.05) is 32.8 Å². The first-order valence-electron chi connectivity index (χ1n) is 7.36. The van der Waals surface area contributed by atoms with Gasteiger partial charge >= 0.3 is 0 Å². The van der Waals surface area contributed by atoms with Crippen LogP contribution in [-0.4, -0.2) is 49.8 Å². The largest absolute Gasteiger partial charge is 0.381 e. The number of piperidine rings is 1. The smallest absolute Gasteiger partial charge is 0.0507 e. The Morgan fingerprint density at radius 1 is 1.35 bits per heavy atom. The number of likely N-dealkylation sites (tertiary alicyclic amines) is 1. The predicted molar refractivity (Wildman–Crippen MR) is 71.3 cm³/mol. The molecule has 1 N–H and O–H groups in total. The van der Waals surface area contributed by atoms with Crippen LogP contribution in [0.4, 0.5) is 0 Å². The van der Waals surface area contributed by atoms with E-state index in [4.69, 9.17) is 4.74 Å². The van der Waals surface area contributed by atoms with Crippen molar-refractivity contribution in [2.45, 2.75) is 51.6 Å². The maximum absolute atomic E-state index is 5.50. The highest BCUT2D eigenvalue weighted by atomic mass is 16.5. The number of nitrogens with zero attached hydrogens (tertiary/aromatic N) is 1. The lowest BCUT2D eigenvalue weighted by Crippen LogP contribution is -2.52. The Morgan fingerprint density at radius 2 is 2.24 bits per heavy atom. The lowest BCUT2D eigenvalue weighted by atomic mass is 9.94. The van der Waals surface area contributed by atoms with Crippen LogP contribution in [0.3, 0.4) is 0 Å². The van der Waals surface area contributed by atoms with Gasteiger partial charge in [-0.15, -0.1) is 0 Å². The second-order valence-electron chi connectivity index (χ2n) is 5.63. The fourth-order valence-electron chi connectivity index (χ4n) is 3.33. The zero-order valence-electron chi connectivity index (χ0n) is 11.5. The summed E-state index contributed by atoms with van der Waals surface area (Å²) < 4.78 is 5.50. The Labute approximate surface area is 106 Å². The van der Waals surface area contributed by atoms with Gasteiger partial charge < -0.3 is 10.1 Å². The quantitative estimate of drug-likeness (QED) is 0.794. The Morgan fingerprint density at radius 3 is 2.94 bits per heavy atom. The van der Waals surface area contributed by atoms with E-state index in [0.29, 0.717) is 6.04 Å². The van der Waals surface area contributed by atoms with Crippen molar-refractivity contribution in [3.63, 3.8) is 0 Å². The molecule has 0 radical (unpaired) electrons. The van der Waals surface area contributed by atoms with Crippen LogP contribution in [0.2, 0.25) is 0 Å². The average Bonchev–Trinajstić information content (AvgIpc) is 2.83. The monoisotopic (exact) mass is 240 g/mol. The molecule has 3 heteroatoms. The van der Waals surface area contributed by atoms with Crippen molar-refractivity contribution in [1.29, 1.82) is 0 Å². The Balaban J connectivity index is 1.86. The molecule has 2 heterocycles. The molecule has 2 fully saturated rings. The summed E-state index contributed by atoms with van der Waals surface area (Å²) in [5, 5.41) is 3.60. The number of hydrogen-bond donors (Lipinski definition) is 1. The minimum atomic E-state index is 0.627. The summed E-state index contributed by atoms with van der Waals surface area (Å²) in [6.45, 7) is 10.1. The highest BCUT2D eigenvalue weighted by Crippen LogP contribution is 2.23. The van der Waals surface area contributed by atoms with Gasteiger partial charge in [-0.2, -0.15) is 0 Å². The molecule has 3 atom stereocenters. The van der Waals surface area contributed by atoms with Crippen LogP contribution in [0.5, 0.6) is 0 Å². The van der Waals surface area contributed by atoms with Gasteiger partial charge in [0.1, 0.15) is 0 Å². The van der Waals surface area contributed by atoms with Crippen LogP contribution in [0.1, 0.15) is 39.5 Å². The summed E-state index contributed by atoms with van der Waals surface area (Å²) in [7, 11) is 0. The summed E-state index contributed by atoms with van der Waals surface area (Å²) >= 11 is 0. The highest BCUT2D eigenvalue weighted by Gasteiger charge is 2.29. The van der Waals surface area contributed by atoms with E-state index in [1.54, 1.807) is 0 Å². The maximum atomic E-state index is 5.50. The molecule has 0 aromatic heterocycles. The molecule has 0 bridgehead atoms. The van der Waals surface area contributed by atoms with Gasteiger partial charge in [0.25, 0.3) is 0 Å². The molecule has 2 saturated heterocycles. The van der Waals surface area contributed by atoms with Gasteiger partial charge in [-0.05, 0) is 45.2 Å². The fourth-order valence-corrected chi connectivity index (χ4v) is 3.33. The van der Waals surface area contributed by atoms with E-state index in [2.05, 4.69) is 24.1 Å². The zero-order chi connectivity index (χ0) is 12.1. The number of rotatable bonds is 5. The van der Waals surface area contributed by atoms with Gasteiger partial charge in [-0.3, -0.25) is 4.90 Å². The van der Waals surface area contributed by atoms with E-state index in [-0.39, 0.29) is 0 Å². The average molecular weight is 240 g/mol. The number of likely N-dealkylation sites (N-methyl/N-ethyl adjacent to an activating group) is 1. The van der Waals surface area contributed by atoms with Gasteiger partial charge in [0.15, 0.2) is 0 Å². The van der Waals surface area contributed by atoms with Crippen molar-refractivity contribution in [1.82, 2.24) is 10.2 Å². The first kappa shape index (κ1) is 13.3. The van der Waals surface area contributed by atoms with Gasteiger partial charge in [0.05, 0.1) is 6.61 Å². The molecular weight excluding hydrogens is 212 g/mol. The minimum Gasteiger partial charge on any atom is -0.381 e. The molecule has 3 unspecified atom stereocenters. The van der Waals surface area contributed by atoms with Crippen LogP contribution in [0.15, 0.2) is 0 Å². The number of hydrogen-bond acceptors (Lipinski definition) is 3. The van der Waals surface area contributed by atoms with E-state index in [1.807, 2.05) is 0 Å². The molecule has 100 valence electrons. The third kappa shape index (κ3) is 3.67. The van der Waals surface area contributed by atoms with Gasteiger partial charge in [0.2, 0.25) is 0 Å². The standard InChI is InChI=1S/C14H28N2O/c1-3-15-12(2)14-6-4-5-8-16(14)10-13-7-9-17-11-13/h12-15H,3-11H2,1-2H3. The van der Waals surface area contributed by atoms with Crippen molar-refractivity contribution in [2.24, 2.45) is 5.92 Å². The molecule has 2 aliphatic heterocycles. The Bertz CT molecular complexity index is 216. The van der Waals surface area contributed by atoms with E-state index in [1.165, 1.54) is 38.8 Å². The third-order valence-corrected chi connectivity index (χ3v) is 4.28. The van der Waals surface area contributed by atoms with Crippen LogP contribution in [0.25, 0.3) is 0 Å². The van der Waals surface area contributed by atoms with Gasteiger partial charge in [-0.25, -0.2) is 0 Å². The summed E-state index contributed by atoms with van der Waals surface area (Å²) in [5.41, 5.74) is 0. The normalized spacial score (nSPS) is 32.8. The lowest BCUT2D eigenvalue weighted by molar-refractivity contribution is 0.0940. The first-order chi connectivity index (χ1) is 8.31. The van der Waals surface area contributed by atoms with Crippen molar-refractivity contribution >= 4 is 0 Å². The van der Waals surface area contributed by atoms with Crippen LogP contribution in [-0.2, 0) is 4.74 Å². The second kappa shape index (κ2) is 6.72. The van der Waals surface area contributed by atoms with Crippen LogP contribution >= 0.6 is 0 Å². The zero-order valence-corrected chi connectivity index (χ0v) is 11.5. The molecule has 3 nitrogen and oxygen atoms in total. The number of ether oxygens (including phenoxy) is 1. The van der Waals surface area contributed by atoms with Gasteiger partial charge in [0, 0.05) is 25.2 Å². The second-order valence-corrected chi connectivity index (χ2v) is 5.63. The summed E-state index contributed by atoms with van der Waals surface area (Å²) in [6.07, 6.45) is 5.40. The summed E-state index contributed by atoms with van der Waals surface area (Å²) in [5.74, 6) is 0.782. The van der Waals surface area contributed by atoms with Crippen molar-refractivity contribution in [3.8, 4) is 0 Å². The molecule has 0 amide bonds. The van der Waals surface area contributed by atoms with E-state index in [0.717, 1.165) is 31.7 Å². The van der Waals surface area contributed by atoms with E-state index < -0.39 is 0 Å². The highest BCUT2D eigenvalue weighted by molar-refractivity contribution is 4.86. The predicted octanol–water partition coefficient (Wildman–Crippen LogP) is 1.88. The SMILES string of the molecule is CCNC(C)C1CCCCN1CC1CCOC1. The molecule has 2 rings (SSSR count). The third-order valence-electron chi connectivity index (χ3n) is 4.28. The number of nitrogens with one attached hydrogen (secondary N) is 1. The summed E-state index contributed by atoms with van der Waals surface area (Å²) in [4.78, 5) is 2.72. The fraction of sp³-hybridized carbons (Fsp3) is 1.00. The molecule has 0 aromatic rings. The molecule has 17 heavy (non-hydrogen) atoms. The first-order valence-corrected chi connectivity index (χ1v) is 7.36. The maximum Gasteiger partial charge on any atom is 0.0507 e. The lowest BCUT2D eigenvalue weighted by Gasteiger charge is -2.40. The topological polar surface area (TPSA) is 24.5 Å². The molecular formula is C14H28N2O. The molecule has 0 saturated carbocycles. The van der Waals surface area contributed by atoms with Crippen molar-refractivity contribution < 1.29 is 4.74 Å². The minimum absolute atomic E-state index is 0.627. The van der Waals surface area contributed by atoms with Gasteiger partial charge in [-0.1, -0.05) is 13.3 Å². The molecule has 2 aliphatic rings. The Hall–Kier alpha value is -0.120. The Kier molecular flexibility index (Phi) is 5.26. The van der Waals surface area contributed by atoms with Crippen molar-refractivity contribution in [3.05, 3.63) is 0 Å². The van der Waals surface area contributed by atoms with Crippen LogP contribution < -0.4 is 5.32 Å². The molecule has 0 aliphatic carbocycles. The molecule has 0 spiro atoms. The van der Waals surface area contributed by atoms with Crippen LogP contribution in [0, 0.1) is 5.92 Å². The summed E-state index contributed by atoms with van der Waals surface area (Å²) in [6, 6.07) is 1.37. The molecule has 0 aromatic carbocycles.